The number of rotatable bonds is 4. The molecule has 1 fully saturated rings. The average Bonchev–Trinajstić information content (AvgIpc) is 2.95. The molecule has 8 heteroatoms. The van der Waals surface area contributed by atoms with Gasteiger partial charge >= 0.3 is 0 Å². The van der Waals surface area contributed by atoms with E-state index in [4.69, 9.17) is 16.9 Å². The van der Waals surface area contributed by atoms with Gasteiger partial charge in [0.25, 0.3) is 0 Å². The van der Waals surface area contributed by atoms with Crippen molar-refractivity contribution in [1.29, 1.82) is 5.26 Å². The van der Waals surface area contributed by atoms with Gasteiger partial charge in [-0.05, 0) is 24.3 Å². The summed E-state index contributed by atoms with van der Waals surface area (Å²) >= 11 is 6.11. The number of hydrogen-bond donors (Lipinski definition) is 0. The number of likely N-dealkylation sites (tertiary alicyclic amines) is 1. The number of likely N-dealkylation sites (N-methyl/N-ethyl adjacent to an activating group) is 1. The second-order valence-corrected chi connectivity index (χ2v) is 6.80. The van der Waals surface area contributed by atoms with E-state index >= 15 is 0 Å². The van der Waals surface area contributed by atoms with Crippen LogP contribution in [0.4, 0.5) is 18.9 Å². The molecule has 0 saturated carbocycles. The van der Waals surface area contributed by atoms with E-state index in [0.717, 1.165) is 6.07 Å². The average molecular weight is 394 g/mol. The van der Waals surface area contributed by atoms with Crippen LogP contribution >= 0.6 is 11.6 Å². The van der Waals surface area contributed by atoms with E-state index < -0.39 is 17.5 Å². The van der Waals surface area contributed by atoms with Gasteiger partial charge < -0.3 is 9.80 Å². The molecule has 1 aliphatic heterocycles. The Hall–Kier alpha value is -2.72. The van der Waals surface area contributed by atoms with E-state index in [9.17, 15) is 18.0 Å². The number of amides is 1. The Morgan fingerprint density at radius 2 is 1.93 bits per heavy atom. The van der Waals surface area contributed by atoms with Crippen LogP contribution in [-0.2, 0) is 11.3 Å². The summed E-state index contributed by atoms with van der Waals surface area (Å²) in [5, 5.41) is 9.24. The molecule has 0 bridgehead atoms. The molecule has 3 rings (SSSR count). The summed E-state index contributed by atoms with van der Waals surface area (Å²) in [7, 11) is 1.66. The number of nitrogens with zero attached hydrogens (tertiary/aromatic N) is 3. The molecule has 0 aromatic heterocycles. The first kappa shape index (κ1) is 19.1. The number of hydrogen-bond acceptors (Lipinski definition) is 3. The van der Waals surface area contributed by atoms with E-state index in [0.29, 0.717) is 18.3 Å². The van der Waals surface area contributed by atoms with E-state index in [2.05, 4.69) is 0 Å². The molecule has 1 aliphatic rings. The van der Waals surface area contributed by atoms with Gasteiger partial charge in [0, 0.05) is 43.9 Å². The second kappa shape index (κ2) is 7.49. The number of carbonyl (C=O) groups excluding carboxylic acids is 1. The lowest BCUT2D eigenvalue weighted by Crippen LogP contribution is -2.37. The molecule has 0 spiro atoms. The summed E-state index contributed by atoms with van der Waals surface area (Å²) in [6, 6.07) is 7.65. The Labute approximate surface area is 159 Å². The lowest BCUT2D eigenvalue weighted by Gasteiger charge is -2.31. The second-order valence-electron chi connectivity index (χ2n) is 6.39. The van der Waals surface area contributed by atoms with Gasteiger partial charge in [-0.1, -0.05) is 11.6 Å². The number of halogens is 4. The Morgan fingerprint density at radius 1 is 1.22 bits per heavy atom. The van der Waals surface area contributed by atoms with Crippen molar-refractivity contribution in [1.82, 2.24) is 4.90 Å². The maximum atomic E-state index is 14.2. The maximum absolute atomic E-state index is 14.2. The van der Waals surface area contributed by atoms with Crippen LogP contribution in [0.25, 0.3) is 0 Å². The quantitative estimate of drug-likeness (QED) is 0.741. The van der Waals surface area contributed by atoms with Crippen LogP contribution < -0.4 is 4.90 Å². The molecule has 0 aliphatic carbocycles. The number of carbonyl (C=O) groups is 1. The number of nitriles is 1. The first-order valence-corrected chi connectivity index (χ1v) is 8.51. The van der Waals surface area contributed by atoms with E-state index in [1.54, 1.807) is 29.0 Å². The van der Waals surface area contributed by atoms with Gasteiger partial charge in [-0.2, -0.15) is 5.26 Å². The zero-order chi connectivity index (χ0) is 19.7. The molecular weight excluding hydrogens is 379 g/mol. The molecule has 0 N–H and O–H groups in total. The van der Waals surface area contributed by atoms with Crippen molar-refractivity contribution < 1.29 is 18.0 Å². The maximum Gasteiger partial charge on any atom is 0.224 e. The van der Waals surface area contributed by atoms with Crippen LogP contribution in [0.3, 0.4) is 0 Å². The topological polar surface area (TPSA) is 47.3 Å². The monoisotopic (exact) mass is 393 g/mol. The highest BCUT2D eigenvalue weighted by Crippen LogP contribution is 2.30. The Balaban J connectivity index is 2.01. The fourth-order valence-corrected chi connectivity index (χ4v) is 3.34. The van der Waals surface area contributed by atoms with Gasteiger partial charge in [0.2, 0.25) is 5.91 Å². The van der Waals surface area contributed by atoms with Gasteiger partial charge in [0.15, 0.2) is 11.6 Å². The third kappa shape index (κ3) is 3.86. The number of anilines is 1. The molecule has 1 heterocycles. The predicted molar refractivity (Wildman–Crippen MR) is 94.7 cm³/mol. The standard InChI is InChI=1S/C19H15ClF3N3O/c1-25-10-14(6-19(25)27)26(13-3-2-11(8-24)15(20)5-13)9-12-4-17(22)18(23)7-16(12)21/h2-5,7,14H,6,9-10H2,1H3/t14-/m0/s1. The molecule has 0 radical (unpaired) electrons. The van der Waals surface area contributed by atoms with Crippen molar-refractivity contribution in [2.75, 3.05) is 18.5 Å². The highest BCUT2D eigenvalue weighted by Gasteiger charge is 2.32. The van der Waals surface area contributed by atoms with Crippen molar-refractivity contribution in [3.63, 3.8) is 0 Å². The molecule has 2 aromatic carbocycles. The van der Waals surface area contributed by atoms with Gasteiger partial charge in [-0.25, -0.2) is 13.2 Å². The first-order valence-electron chi connectivity index (χ1n) is 8.14. The minimum Gasteiger partial charge on any atom is -0.362 e. The predicted octanol–water partition coefficient (Wildman–Crippen LogP) is 3.87. The molecule has 1 amide bonds. The lowest BCUT2D eigenvalue weighted by atomic mass is 10.1. The summed E-state index contributed by atoms with van der Waals surface area (Å²) in [6.07, 6.45) is 0.194. The van der Waals surface area contributed by atoms with Gasteiger partial charge in [0.1, 0.15) is 11.9 Å². The van der Waals surface area contributed by atoms with E-state index in [1.807, 2.05) is 6.07 Å². The summed E-state index contributed by atoms with van der Waals surface area (Å²) in [5.74, 6) is -3.37. The summed E-state index contributed by atoms with van der Waals surface area (Å²) < 4.78 is 41.0. The molecule has 0 unspecified atom stereocenters. The first-order chi connectivity index (χ1) is 12.8. The molecular formula is C19H15ClF3N3O. The third-order valence-corrected chi connectivity index (χ3v) is 4.91. The Kier molecular flexibility index (Phi) is 5.29. The van der Waals surface area contributed by atoms with Crippen LogP contribution in [0.2, 0.25) is 5.02 Å². The Bertz CT molecular complexity index is 945. The molecule has 1 saturated heterocycles. The zero-order valence-electron chi connectivity index (χ0n) is 14.3. The normalized spacial score (nSPS) is 16.5. The molecule has 140 valence electrons. The van der Waals surface area contributed by atoms with Crippen LogP contribution in [-0.4, -0.2) is 30.4 Å². The largest absolute Gasteiger partial charge is 0.362 e. The smallest absolute Gasteiger partial charge is 0.224 e. The summed E-state index contributed by atoms with van der Waals surface area (Å²) in [4.78, 5) is 15.2. The van der Waals surface area contributed by atoms with Crippen molar-refractivity contribution in [2.45, 2.75) is 19.0 Å². The van der Waals surface area contributed by atoms with Crippen molar-refractivity contribution in [3.05, 3.63) is 63.9 Å². The van der Waals surface area contributed by atoms with Crippen LogP contribution in [0.15, 0.2) is 30.3 Å². The van der Waals surface area contributed by atoms with Crippen molar-refractivity contribution >= 4 is 23.2 Å². The van der Waals surface area contributed by atoms with Gasteiger partial charge in [-0.15, -0.1) is 0 Å². The minimum absolute atomic E-state index is 0.0450. The molecule has 2 aromatic rings. The van der Waals surface area contributed by atoms with Crippen molar-refractivity contribution in [2.24, 2.45) is 0 Å². The fourth-order valence-electron chi connectivity index (χ4n) is 3.12. The zero-order valence-corrected chi connectivity index (χ0v) is 15.1. The molecule has 4 nitrogen and oxygen atoms in total. The lowest BCUT2D eigenvalue weighted by molar-refractivity contribution is -0.126. The fraction of sp³-hybridized carbons (Fsp3) is 0.263. The molecule has 1 atom stereocenters. The van der Waals surface area contributed by atoms with Gasteiger partial charge in [-0.3, -0.25) is 4.79 Å². The Morgan fingerprint density at radius 3 is 2.52 bits per heavy atom. The van der Waals surface area contributed by atoms with E-state index in [1.165, 1.54) is 6.07 Å². The third-order valence-electron chi connectivity index (χ3n) is 4.60. The highest BCUT2D eigenvalue weighted by atomic mass is 35.5. The molecule has 27 heavy (non-hydrogen) atoms. The van der Waals surface area contributed by atoms with Crippen LogP contribution in [0.5, 0.6) is 0 Å². The highest BCUT2D eigenvalue weighted by molar-refractivity contribution is 6.32. The van der Waals surface area contributed by atoms with Crippen LogP contribution in [0.1, 0.15) is 17.5 Å². The SMILES string of the molecule is CN1C[C@@H](N(Cc2cc(F)c(F)cc2F)c2ccc(C#N)c(Cl)c2)CC1=O. The van der Waals surface area contributed by atoms with Crippen molar-refractivity contribution in [3.8, 4) is 6.07 Å². The van der Waals surface area contributed by atoms with Crippen LogP contribution in [0, 0.1) is 28.8 Å². The number of benzene rings is 2. The van der Waals surface area contributed by atoms with E-state index in [-0.39, 0.29) is 41.1 Å². The minimum atomic E-state index is -1.26. The summed E-state index contributed by atoms with van der Waals surface area (Å²) in [6.45, 7) is 0.304. The van der Waals surface area contributed by atoms with Gasteiger partial charge in [0.05, 0.1) is 16.6 Å². The summed E-state index contributed by atoms with van der Waals surface area (Å²) in [5.41, 5.74) is 0.784.